The lowest BCUT2D eigenvalue weighted by atomic mass is 10.1. The molecule has 10 aromatic carbocycles. The van der Waals surface area contributed by atoms with Gasteiger partial charge in [-0.1, -0.05) is 255 Å². The molecule has 0 fully saturated rings. The third kappa shape index (κ3) is 16.8. The highest BCUT2D eigenvalue weighted by Crippen LogP contribution is 2.48. The molecule has 0 amide bonds. The molecule has 0 unspecified atom stereocenters. The van der Waals surface area contributed by atoms with Crippen molar-refractivity contribution in [2.75, 3.05) is 20.0 Å². The van der Waals surface area contributed by atoms with Crippen molar-refractivity contribution < 1.29 is 0 Å². The summed E-state index contributed by atoms with van der Waals surface area (Å²) in [7, 11) is -5.29. The fourth-order valence-electron chi connectivity index (χ4n) is 10.0. The van der Waals surface area contributed by atoms with Crippen molar-refractivity contribution in [1.82, 2.24) is 0 Å². The van der Waals surface area contributed by atoms with E-state index in [1.54, 1.807) is 0 Å². The lowest BCUT2D eigenvalue weighted by Crippen LogP contribution is -2.37. The van der Waals surface area contributed by atoms with Gasteiger partial charge >= 0.3 is 0 Å². The smallest absolute Gasteiger partial charge is 0.0887 e. The van der Waals surface area contributed by atoms with E-state index in [-0.39, 0.29) is 0 Å². The van der Waals surface area contributed by atoms with E-state index in [0.29, 0.717) is 15.1 Å². The monoisotopic (exact) mass is 1240 g/mol. The molecule has 11 heteroatoms. The van der Waals surface area contributed by atoms with Crippen LogP contribution in [0.25, 0.3) is 0 Å². The lowest BCUT2D eigenvalue weighted by Gasteiger charge is -2.32. The zero-order chi connectivity index (χ0) is 61.3. The molecular formula is C74H83Cl3N4Si4. The van der Waals surface area contributed by atoms with Crippen LogP contribution in [0, 0.1) is 13.8 Å². The minimum absolute atomic E-state index is 0.556. The van der Waals surface area contributed by atoms with Crippen LogP contribution in [0.5, 0.6) is 0 Å². The zero-order valence-corrected chi connectivity index (χ0v) is 58.3. The Morgan fingerprint density at radius 2 is 0.494 bits per heavy atom. The van der Waals surface area contributed by atoms with E-state index < -0.39 is 32.3 Å². The van der Waals surface area contributed by atoms with Crippen LogP contribution in [-0.2, 0) is 0 Å². The third-order valence-electron chi connectivity index (χ3n) is 14.9. The Kier molecular flexibility index (Phi) is 20.9. The average molecular weight is 1250 g/mol. The Bertz CT molecular complexity index is 3560. The quantitative estimate of drug-likeness (QED) is 0.103. The maximum absolute atomic E-state index is 7.51. The van der Waals surface area contributed by atoms with Gasteiger partial charge in [0.25, 0.3) is 0 Å². The molecular weight excluding hydrogens is 1160 g/mol. The molecule has 0 spiro atoms. The summed E-state index contributed by atoms with van der Waals surface area (Å²) in [5.74, 6) is 0. The minimum Gasteiger partial charge on any atom is -0.356 e. The SMILES string of the molecule is C[Si](C)(C)c1ccc(Nc2ccc([Si](C)(C)C)cc2)cc1.Cc1cc(Cl)c(Cl)c(N(c2ccccc2)c2ccccc2)c1.Cc1cc(N(c2ccccc2)c2ccccc2)c(Cl)c(N(c2ccc([Si](C)(C)C)cc2)c2ccc([Si](C)(C)C)cc2)c1. The van der Waals surface area contributed by atoms with Gasteiger partial charge in [0.05, 0.1) is 64.4 Å². The van der Waals surface area contributed by atoms with Crippen molar-refractivity contribution in [3.8, 4) is 0 Å². The number of nitrogens with zero attached hydrogens (tertiary/aromatic N) is 3. The maximum atomic E-state index is 7.51. The standard InChI is InChI=1S/C37H41ClN2Si2.C19H15Cl2N.C18H27NSi2/c1-28-26-35(39(29-14-10-8-11-15-29)30-16-12-9-13-17-30)37(38)36(27-28)40(31-18-22-33(23-19-31)41(2,3)4)32-20-24-34(25-21-32)42(5,6)7;1-14-12-17(20)19(21)18(13-14)22(15-8-4-2-5-9-15)16-10-6-3-7-11-16;1-20(2,3)17-11-7-15(8-12-17)19-16-9-13-18(14-10-16)21(4,5)6/h8-27H,1-7H3;2-13H,1H3;7-14,19H,1-6H3. The van der Waals surface area contributed by atoms with Crippen LogP contribution in [0.2, 0.25) is 93.6 Å². The Hall–Kier alpha value is -6.86. The van der Waals surface area contributed by atoms with E-state index in [1.165, 1.54) is 20.7 Å². The second-order valence-corrected chi connectivity index (χ2v) is 47.4. The molecule has 85 heavy (non-hydrogen) atoms. The summed E-state index contributed by atoms with van der Waals surface area (Å²) in [6.45, 7) is 32.8. The number of hydrogen-bond acceptors (Lipinski definition) is 4. The average Bonchev–Trinajstić information content (AvgIpc) is 2.31. The van der Waals surface area contributed by atoms with Gasteiger partial charge in [-0.15, -0.1) is 0 Å². The van der Waals surface area contributed by atoms with Gasteiger partial charge in [-0.2, -0.15) is 0 Å². The number of halogens is 3. The second kappa shape index (κ2) is 27.7. The number of benzene rings is 10. The largest absolute Gasteiger partial charge is 0.356 e. The zero-order valence-electron chi connectivity index (χ0n) is 52.1. The topological polar surface area (TPSA) is 21.8 Å². The molecule has 0 heterocycles. The van der Waals surface area contributed by atoms with Crippen LogP contribution in [0.4, 0.5) is 62.6 Å². The maximum Gasteiger partial charge on any atom is 0.0887 e. The number of hydrogen-bond donors (Lipinski definition) is 1. The van der Waals surface area contributed by atoms with Gasteiger partial charge < -0.3 is 20.0 Å². The number of anilines is 11. The molecule has 4 nitrogen and oxygen atoms in total. The van der Waals surface area contributed by atoms with Crippen molar-refractivity contribution in [2.45, 2.75) is 92.4 Å². The van der Waals surface area contributed by atoms with Crippen molar-refractivity contribution in [2.24, 2.45) is 0 Å². The lowest BCUT2D eigenvalue weighted by molar-refractivity contribution is 1.23. The summed E-state index contributed by atoms with van der Waals surface area (Å²) in [6.07, 6.45) is 0. The molecule has 0 radical (unpaired) electrons. The first kappa shape index (κ1) is 64.1. The summed E-state index contributed by atoms with van der Waals surface area (Å²) >= 11 is 20.3. The van der Waals surface area contributed by atoms with Crippen LogP contribution < -0.4 is 40.8 Å². The number of para-hydroxylation sites is 4. The molecule has 10 rings (SSSR count). The molecule has 0 aliphatic rings. The van der Waals surface area contributed by atoms with Gasteiger partial charge in [0.2, 0.25) is 0 Å². The number of rotatable bonds is 15. The molecule has 0 bridgehead atoms. The van der Waals surface area contributed by atoms with Gasteiger partial charge in [-0.05, 0) is 146 Å². The summed E-state index contributed by atoms with van der Waals surface area (Å²) < 4.78 is 0. The Labute approximate surface area is 527 Å². The molecule has 0 atom stereocenters. The van der Waals surface area contributed by atoms with Crippen LogP contribution in [-0.4, -0.2) is 32.3 Å². The highest BCUT2D eigenvalue weighted by Gasteiger charge is 2.26. The molecule has 0 aliphatic heterocycles. The highest BCUT2D eigenvalue weighted by molar-refractivity contribution is 6.90. The molecule has 1 N–H and O–H groups in total. The van der Waals surface area contributed by atoms with Crippen molar-refractivity contribution in [3.05, 3.63) is 269 Å². The predicted molar refractivity (Wildman–Crippen MR) is 390 cm³/mol. The first-order chi connectivity index (χ1) is 40.3. The molecule has 0 saturated carbocycles. The fraction of sp³-hybridized carbons (Fsp3) is 0.189. The van der Waals surface area contributed by atoms with Gasteiger partial charge in [-0.3, -0.25) is 0 Å². The minimum atomic E-state index is -1.44. The van der Waals surface area contributed by atoms with Gasteiger partial charge in [-0.25, -0.2) is 0 Å². The summed E-state index contributed by atoms with van der Waals surface area (Å²) in [6, 6.07) is 85.6. The molecule has 0 aliphatic carbocycles. The van der Waals surface area contributed by atoms with Crippen LogP contribution in [0.3, 0.4) is 0 Å². The normalized spacial score (nSPS) is 11.6. The molecule has 10 aromatic rings. The highest BCUT2D eigenvalue weighted by atomic mass is 35.5. The van der Waals surface area contributed by atoms with Crippen LogP contribution in [0.15, 0.2) is 243 Å². The summed E-state index contributed by atoms with van der Waals surface area (Å²) in [5, 5.41) is 11.2. The number of nitrogens with one attached hydrogen (secondary N) is 1. The van der Waals surface area contributed by atoms with Gasteiger partial charge in [0, 0.05) is 45.5 Å². The van der Waals surface area contributed by atoms with Gasteiger partial charge in [0.15, 0.2) is 0 Å². The Morgan fingerprint density at radius 3 is 0.753 bits per heavy atom. The molecule has 0 saturated heterocycles. The Morgan fingerprint density at radius 1 is 0.271 bits per heavy atom. The van der Waals surface area contributed by atoms with Crippen LogP contribution in [0.1, 0.15) is 11.1 Å². The summed E-state index contributed by atoms with van der Waals surface area (Å²) in [5.41, 5.74) is 13.7. The van der Waals surface area contributed by atoms with E-state index in [1.807, 2.05) is 67.6 Å². The van der Waals surface area contributed by atoms with E-state index in [4.69, 9.17) is 34.8 Å². The van der Waals surface area contributed by atoms with E-state index in [0.717, 1.165) is 73.7 Å². The molecule has 436 valence electrons. The predicted octanol–water partition coefficient (Wildman–Crippen LogP) is 22.0. The van der Waals surface area contributed by atoms with E-state index in [2.05, 4.69) is 287 Å². The Balaban J connectivity index is 0.000000183. The first-order valence-corrected chi connectivity index (χ1v) is 44.5. The van der Waals surface area contributed by atoms with Crippen molar-refractivity contribution >= 4 is 150 Å². The summed E-state index contributed by atoms with van der Waals surface area (Å²) in [4.78, 5) is 6.68. The van der Waals surface area contributed by atoms with E-state index >= 15 is 0 Å². The van der Waals surface area contributed by atoms with Gasteiger partial charge in [0.1, 0.15) is 0 Å². The third-order valence-corrected chi connectivity index (χ3v) is 24.3. The van der Waals surface area contributed by atoms with E-state index in [9.17, 15) is 0 Å². The van der Waals surface area contributed by atoms with Crippen molar-refractivity contribution in [1.29, 1.82) is 0 Å². The molecule has 0 aromatic heterocycles. The first-order valence-electron chi connectivity index (χ1n) is 29.3. The van der Waals surface area contributed by atoms with Crippen LogP contribution >= 0.6 is 34.8 Å². The van der Waals surface area contributed by atoms with Crippen molar-refractivity contribution in [3.63, 3.8) is 0 Å². The fourth-order valence-corrected chi connectivity index (χ4v) is 15.4. The second-order valence-electron chi connectivity index (χ2n) is 25.9. The number of aryl methyl sites for hydroxylation is 2.